The fraction of sp³-hybridized carbons (Fsp3) is 0.333. The van der Waals surface area contributed by atoms with E-state index in [0.717, 1.165) is 17.1 Å². The van der Waals surface area contributed by atoms with E-state index >= 15 is 0 Å². The van der Waals surface area contributed by atoms with Crippen LogP contribution in [0.1, 0.15) is 20.3 Å². The monoisotopic (exact) mass is 344 g/mol. The molecule has 2 aromatic rings. The number of H-pyrrole nitrogens is 1. The number of nitrogens with two attached hydrogens (primary N) is 1. The number of nitrogens with one attached hydrogen (secondary N) is 2. The number of anilines is 1. The number of carbonyl (C=O) groups excluding carboxylic acids is 1. The van der Waals surface area contributed by atoms with E-state index in [-0.39, 0.29) is 30.7 Å². The molecule has 0 spiro atoms. The molecule has 2 rings (SSSR count). The Hall–Kier alpha value is -1.56. The summed E-state index contributed by atoms with van der Waals surface area (Å²) in [4.78, 5) is 19.2. The van der Waals surface area contributed by atoms with E-state index in [0.29, 0.717) is 12.3 Å². The van der Waals surface area contributed by atoms with Crippen LogP contribution in [0.25, 0.3) is 11.4 Å². The molecule has 7 heteroatoms. The molecule has 5 nitrogen and oxygen atoms in total. The van der Waals surface area contributed by atoms with Gasteiger partial charge in [0, 0.05) is 23.6 Å². The lowest BCUT2D eigenvalue weighted by molar-refractivity contribution is -0.117. The summed E-state index contributed by atoms with van der Waals surface area (Å²) in [5.74, 6) is 1.01. The zero-order chi connectivity index (χ0) is 14.5. The molecule has 1 heterocycles. The second-order valence-corrected chi connectivity index (χ2v) is 5.24. The third-order valence-electron chi connectivity index (χ3n) is 2.96. The summed E-state index contributed by atoms with van der Waals surface area (Å²) in [7, 11) is 0. The highest BCUT2D eigenvalue weighted by atomic mass is 35.5. The van der Waals surface area contributed by atoms with Crippen molar-refractivity contribution in [3.05, 3.63) is 36.7 Å². The number of halogens is 2. The van der Waals surface area contributed by atoms with Gasteiger partial charge in [0.1, 0.15) is 5.82 Å². The van der Waals surface area contributed by atoms with Crippen LogP contribution < -0.4 is 11.1 Å². The first-order chi connectivity index (χ1) is 9.56. The highest BCUT2D eigenvalue weighted by molar-refractivity contribution is 5.95. The molecule has 0 bridgehead atoms. The average molecular weight is 345 g/mol. The highest BCUT2D eigenvalue weighted by Gasteiger charge is 2.15. The Morgan fingerprint density at radius 2 is 2.09 bits per heavy atom. The first-order valence-corrected chi connectivity index (χ1v) is 6.72. The van der Waals surface area contributed by atoms with Crippen molar-refractivity contribution in [1.29, 1.82) is 0 Å². The third-order valence-corrected chi connectivity index (χ3v) is 2.96. The van der Waals surface area contributed by atoms with Crippen molar-refractivity contribution >= 4 is 36.4 Å². The lowest BCUT2D eigenvalue weighted by Crippen LogP contribution is -2.36. The van der Waals surface area contributed by atoms with Crippen LogP contribution >= 0.6 is 24.8 Å². The second-order valence-electron chi connectivity index (χ2n) is 5.24. The number of hydrogen-bond donors (Lipinski definition) is 3. The van der Waals surface area contributed by atoms with Crippen LogP contribution in [0.2, 0.25) is 0 Å². The number of benzene rings is 1. The van der Waals surface area contributed by atoms with E-state index in [2.05, 4.69) is 15.3 Å². The topological polar surface area (TPSA) is 83.8 Å². The summed E-state index contributed by atoms with van der Waals surface area (Å²) >= 11 is 0. The smallest absolute Gasteiger partial charge is 0.241 e. The second kappa shape index (κ2) is 9.46. The van der Waals surface area contributed by atoms with Crippen LogP contribution in [0.15, 0.2) is 36.7 Å². The van der Waals surface area contributed by atoms with E-state index < -0.39 is 6.04 Å². The summed E-state index contributed by atoms with van der Waals surface area (Å²) in [6.45, 7) is 4.09. The van der Waals surface area contributed by atoms with Gasteiger partial charge in [-0.25, -0.2) is 4.98 Å². The van der Waals surface area contributed by atoms with Crippen molar-refractivity contribution in [2.24, 2.45) is 11.7 Å². The van der Waals surface area contributed by atoms with Crippen LogP contribution in [-0.2, 0) is 4.79 Å². The van der Waals surface area contributed by atoms with Crippen molar-refractivity contribution in [2.45, 2.75) is 26.3 Å². The van der Waals surface area contributed by atoms with Crippen LogP contribution in [0.5, 0.6) is 0 Å². The van der Waals surface area contributed by atoms with E-state index in [1.807, 2.05) is 38.1 Å². The zero-order valence-corrected chi connectivity index (χ0v) is 14.2. The number of carbonyl (C=O) groups is 1. The normalized spacial score (nSPS) is 11.3. The molecule has 4 N–H and O–H groups in total. The summed E-state index contributed by atoms with van der Waals surface area (Å²) < 4.78 is 0. The van der Waals surface area contributed by atoms with Crippen molar-refractivity contribution in [1.82, 2.24) is 9.97 Å². The molecule has 0 aliphatic carbocycles. The Labute approximate surface area is 142 Å². The lowest BCUT2D eigenvalue weighted by atomic mass is 10.0. The fourth-order valence-electron chi connectivity index (χ4n) is 2.02. The Kier molecular flexibility index (Phi) is 8.79. The summed E-state index contributed by atoms with van der Waals surface area (Å²) in [5, 5.41) is 2.84. The maximum atomic E-state index is 12.0. The summed E-state index contributed by atoms with van der Waals surface area (Å²) in [6, 6.07) is 7.04. The predicted molar refractivity (Wildman–Crippen MR) is 94.6 cm³/mol. The van der Waals surface area contributed by atoms with Gasteiger partial charge in [-0.05, 0) is 24.5 Å². The Bertz CT molecular complexity index is 573. The molecule has 1 aromatic heterocycles. The van der Waals surface area contributed by atoms with E-state index in [1.54, 1.807) is 12.4 Å². The number of amides is 1. The molecule has 122 valence electrons. The number of hydrogen-bond acceptors (Lipinski definition) is 3. The van der Waals surface area contributed by atoms with Crippen molar-refractivity contribution in [3.8, 4) is 11.4 Å². The molecule has 0 saturated carbocycles. The van der Waals surface area contributed by atoms with Gasteiger partial charge in [-0.15, -0.1) is 24.8 Å². The van der Waals surface area contributed by atoms with Crippen molar-refractivity contribution in [2.75, 3.05) is 5.32 Å². The molecule has 0 aliphatic heterocycles. The van der Waals surface area contributed by atoms with Gasteiger partial charge < -0.3 is 16.0 Å². The third kappa shape index (κ3) is 5.67. The molecule has 0 saturated heterocycles. The fourth-order valence-corrected chi connectivity index (χ4v) is 2.02. The molecule has 0 fully saturated rings. The maximum Gasteiger partial charge on any atom is 0.241 e. The minimum Gasteiger partial charge on any atom is -0.345 e. The number of imidazole rings is 1. The van der Waals surface area contributed by atoms with Gasteiger partial charge in [0.2, 0.25) is 5.91 Å². The minimum atomic E-state index is -0.484. The van der Waals surface area contributed by atoms with E-state index in [9.17, 15) is 4.79 Å². The molecule has 0 aliphatic rings. The molecule has 0 unspecified atom stereocenters. The summed E-state index contributed by atoms with van der Waals surface area (Å²) in [6.07, 6.45) is 4.13. The van der Waals surface area contributed by atoms with Gasteiger partial charge in [0.25, 0.3) is 0 Å². The Balaban J connectivity index is 0.00000220. The molecule has 1 aromatic carbocycles. The Morgan fingerprint density at radius 1 is 1.36 bits per heavy atom. The van der Waals surface area contributed by atoms with Gasteiger partial charge >= 0.3 is 0 Å². The highest BCUT2D eigenvalue weighted by Crippen LogP contribution is 2.19. The van der Waals surface area contributed by atoms with Crippen molar-refractivity contribution in [3.63, 3.8) is 0 Å². The number of rotatable bonds is 5. The van der Waals surface area contributed by atoms with Crippen LogP contribution in [0.4, 0.5) is 5.69 Å². The van der Waals surface area contributed by atoms with Crippen molar-refractivity contribution < 1.29 is 4.79 Å². The average Bonchev–Trinajstić information content (AvgIpc) is 2.92. The maximum absolute atomic E-state index is 12.0. The lowest BCUT2D eigenvalue weighted by Gasteiger charge is -2.14. The number of aromatic amines is 1. The van der Waals surface area contributed by atoms with Gasteiger partial charge in [-0.1, -0.05) is 26.0 Å². The molecule has 0 radical (unpaired) electrons. The van der Waals surface area contributed by atoms with E-state index in [1.165, 1.54) is 0 Å². The van der Waals surface area contributed by atoms with Crippen LogP contribution in [-0.4, -0.2) is 21.9 Å². The van der Waals surface area contributed by atoms with Crippen LogP contribution in [0.3, 0.4) is 0 Å². The zero-order valence-electron chi connectivity index (χ0n) is 12.6. The first kappa shape index (κ1) is 20.4. The molecular formula is C15H22Cl2N4O. The standard InChI is InChI=1S/C15H20N4O.2ClH/c1-10(2)8-13(16)15(20)19-12-5-3-4-11(9-12)14-17-6-7-18-14;;/h3-7,9-10,13H,8,16H2,1-2H3,(H,17,18)(H,19,20);2*1H/t13-;;/m0../s1. The van der Waals surface area contributed by atoms with Gasteiger partial charge in [-0.2, -0.15) is 0 Å². The van der Waals surface area contributed by atoms with Gasteiger partial charge in [0.15, 0.2) is 0 Å². The Morgan fingerprint density at radius 3 is 2.68 bits per heavy atom. The molecule has 1 amide bonds. The van der Waals surface area contributed by atoms with E-state index in [4.69, 9.17) is 5.73 Å². The number of aromatic nitrogens is 2. The largest absolute Gasteiger partial charge is 0.345 e. The minimum absolute atomic E-state index is 0. The van der Waals surface area contributed by atoms with Crippen LogP contribution in [0, 0.1) is 5.92 Å². The molecule has 22 heavy (non-hydrogen) atoms. The molecular weight excluding hydrogens is 323 g/mol. The summed E-state index contributed by atoms with van der Waals surface area (Å²) in [5.41, 5.74) is 7.51. The van der Waals surface area contributed by atoms with Gasteiger partial charge in [-0.3, -0.25) is 4.79 Å². The number of nitrogens with zero attached hydrogens (tertiary/aromatic N) is 1. The van der Waals surface area contributed by atoms with Gasteiger partial charge in [0.05, 0.1) is 6.04 Å². The predicted octanol–water partition coefficient (Wildman–Crippen LogP) is 3.23. The molecule has 1 atom stereocenters. The SMILES string of the molecule is CC(C)C[C@H](N)C(=O)Nc1cccc(-c2ncc[nH]2)c1.Cl.Cl. The first-order valence-electron chi connectivity index (χ1n) is 6.72. The quantitative estimate of drug-likeness (QED) is 0.778.